The normalized spacial score (nSPS) is 38.6. The van der Waals surface area contributed by atoms with E-state index in [4.69, 9.17) is 23.7 Å². The Morgan fingerprint density at radius 3 is 1.06 bits per heavy atom. The molecule has 25 nitrogen and oxygen atoms in total. The molecule has 6 aromatic rings. The van der Waals surface area contributed by atoms with Crippen LogP contribution in [0, 0.1) is 135 Å². The number of nitro benzene ring substituents is 3. The van der Waals surface area contributed by atoms with Crippen molar-refractivity contribution < 1.29 is 54.1 Å². The lowest BCUT2D eigenvalue weighted by atomic mass is 9.44. The Bertz CT molecular complexity index is 5990. The fraction of sp³-hybridized carbons (Fsp3) is 0.618. The first kappa shape index (κ1) is 90.1. The maximum Gasteiger partial charge on any atom is 0.275 e. The minimum Gasteiger partial charge on any atom is -0.398 e. The Kier molecular flexibility index (Phi) is 21.0. The van der Waals surface area contributed by atoms with Crippen molar-refractivity contribution in [1.29, 1.82) is 0 Å². The van der Waals surface area contributed by atoms with Gasteiger partial charge in [-0.3, -0.25) is 54.3 Å². The van der Waals surface area contributed by atoms with Crippen molar-refractivity contribution in [1.82, 2.24) is 29.4 Å². The van der Waals surface area contributed by atoms with E-state index < -0.39 is 21.7 Å². The zero-order chi connectivity index (χ0) is 94.8. The molecule has 20 bridgehead atoms. The second-order valence-electron chi connectivity index (χ2n) is 49.3. The Morgan fingerprint density at radius 2 is 0.684 bits per heavy atom. The van der Waals surface area contributed by atoms with E-state index >= 15 is 0 Å². The smallest absolute Gasteiger partial charge is 0.275 e. The van der Waals surface area contributed by atoms with Gasteiger partial charge in [-0.2, -0.15) is 0 Å². The van der Waals surface area contributed by atoms with Crippen LogP contribution in [0.15, 0.2) is 115 Å². The number of nitrogens with zero attached hydrogens (tertiary/aromatic N) is 9. The number of nitro groups is 3. The summed E-state index contributed by atoms with van der Waals surface area (Å²) in [5, 5.41) is 66.7. The monoisotopic (exact) mass is 1860 g/mol. The average molecular weight is 1870 g/mol. The number of rotatable bonds is 10. The molecule has 6 aromatic carbocycles. The number of carbonyl (C=O) groups excluding carboxylic acids is 5. The SMILES string of the molecule is CC(N1Cc2c(cccc2[N+](=O)[O-])C1=S)C12CC3CC(CC(C3)C1)C2.C[C@H]1[C@H](N2Cc3c(N)cccc3C2=O)C[C@@H]2C[C@H]1C2(C)C.C[C@H]1[C@H](N2Cc3c(cccc3[N+](=O)[O-])C2=O)C[C@@H]2C[C@H]1C2(C)C.Nc1cccc2c1CN(C13CC4CC(CC(O)(C4)C1)C3)C2=O.O=C1c2cccc([N+](=O)[O-])c2CN1C12CC3CC(CC(O)(C3)C1)C2.O=C1c2ccccc2CN1C12CC3CC(CC(O)(C3)C1)C2. The molecule has 15 atom stereocenters. The minimum atomic E-state index is -0.648. The molecule has 28 aliphatic rings. The van der Waals surface area contributed by atoms with Crippen LogP contribution in [0.5, 0.6) is 0 Å². The van der Waals surface area contributed by atoms with Crippen molar-refractivity contribution in [2.45, 2.75) is 319 Å². The number of anilines is 2. The maximum absolute atomic E-state index is 13.0. The number of nitrogen functional groups attached to an aromatic ring is 2. The van der Waals surface area contributed by atoms with Crippen LogP contribution in [0.3, 0.4) is 0 Å². The number of thiocarbonyl (C=S) groups is 1. The molecule has 26 heteroatoms. The highest BCUT2D eigenvalue weighted by Crippen LogP contribution is 2.69. The van der Waals surface area contributed by atoms with Gasteiger partial charge < -0.3 is 56.2 Å². The topological polar surface area (TPSA) is 347 Å². The maximum atomic E-state index is 13.0. The molecule has 7 unspecified atom stereocenters. The predicted molar refractivity (Wildman–Crippen MR) is 517 cm³/mol. The number of benzene rings is 6. The van der Waals surface area contributed by atoms with Crippen molar-refractivity contribution in [3.05, 3.63) is 212 Å². The van der Waals surface area contributed by atoms with Crippen molar-refractivity contribution in [2.24, 2.45) is 105 Å². The average Bonchev–Trinajstić information content (AvgIpc) is 1.44. The molecule has 0 aromatic heterocycles. The Hall–Kier alpha value is -9.76. The number of aliphatic hydroxyl groups is 3. The first-order valence-corrected chi connectivity index (χ1v) is 51.7. The van der Waals surface area contributed by atoms with Gasteiger partial charge in [0.1, 0.15) is 4.99 Å². The van der Waals surface area contributed by atoms with Gasteiger partial charge in [-0.25, -0.2) is 0 Å². The van der Waals surface area contributed by atoms with Gasteiger partial charge in [0.15, 0.2) is 0 Å². The summed E-state index contributed by atoms with van der Waals surface area (Å²) in [5.74, 6) is 10.3. The summed E-state index contributed by atoms with van der Waals surface area (Å²) in [5.41, 5.74) is 22.4. The summed E-state index contributed by atoms with van der Waals surface area (Å²) in [7, 11) is 0. The molecule has 22 saturated carbocycles. The molecule has 5 amide bonds. The number of fused-ring (bicyclic) bond motifs is 10. The summed E-state index contributed by atoms with van der Waals surface area (Å²) in [6.45, 7) is 19.8. The second kappa shape index (κ2) is 31.6. The number of amides is 5. The van der Waals surface area contributed by atoms with E-state index in [2.05, 4.69) is 74.1 Å². The highest BCUT2D eigenvalue weighted by molar-refractivity contribution is 7.80. The molecule has 718 valence electrons. The molecule has 22 fully saturated rings. The molecule has 7 N–H and O–H groups in total. The van der Waals surface area contributed by atoms with Crippen LogP contribution in [-0.2, 0) is 39.3 Å². The van der Waals surface area contributed by atoms with Gasteiger partial charge >= 0.3 is 0 Å². The van der Waals surface area contributed by atoms with E-state index in [-0.39, 0.29) is 79.1 Å². The quantitative estimate of drug-likeness (QED) is 0.0368. The highest BCUT2D eigenvalue weighted by atomic mass is 32.1. The lowest BCUT2D eigenvalue weighted by Crippen LogP contribution is -2.65. The first-order chi connectivity index (χ1) is 64.6. The molecule has 136 heavy (non-hydrogen) atoms. The Labute approximate surface area is 801 Å². The van der Waals surface area contributed by atoms with Crippen LogP contribution in [0.4, 0.5) is 28.4 Å². The Morgan fingerprint density at radius 1 is 0.368 bits per heavy atom. The van der Waals surface area contributed by atoms with Gasteiger partial charge in [-0.15, -0.1) is 0 Å². The van der Waals surface area contributed by atoms with E-state index in [9.17, 15) is 69.6 Å². The van der Waals surface area contributed by atoms with Crippen LogP contribution in [-0.4, -0.2) is 146 Å². The Balaban J connectivity index is 0.0000000919. The zero-order valence-electron chi connectivity index (χ0n) is 79.8. The molecule has 0 saturated heterocycles. The van der Waals surface area contributed by atoms with E-state index in [1.807, 2.05) is 70.5 Å². The van der Waals surface area contributed by atoms with E-state index in [0.717, 1.165) is 206 Å². The number of carbonyl (C=O) groups is 5. The van der Waals surface area contributed by atoms with E-state index in [0.29, 0.717) is 149 Å². The number of hydrogen-bond donors (Lipinski definition) is 5. The van der Waals surface area contributed by atoms with Crippen LogP contribution < -0.4 is 11.5 Å². The summed E-state index contributed by atoms with van der Waals surface area (Å²) in [4.78, 5) is 110. The van der Waals surface area contributed by atoms with Crippen molar-refractivity contribution in [2.75, 3.05) is 11.5 Å². The second-order valence-corrected chi connectivity index (χ2v) is 49.7. The van der Waals surface area contributed by atoms with Crippen LogP contribution in [0.2, 0.25) is 0 Å². The van der Waals surface area contributed by atoms with Gasteiger partial charge in [0.25, 0.3) is 46.6 Å². The van der Waals surface area contributed by atoms with Gasteiger partial charge in [0.2, 0.25) is 0 Å². The number of hydrogen-bond acceptors (Lipinski definition) is 17. The van der Waals surface area contributed by atoms with Gasteiger partial charge in [-0.05, 0) is 340 Å². The molecular formula is C110H133N11O14S. The van der Waals surface area contributed by atoms with Crippen LogP contribution in [0.25, 0.3) is 0 Å². The summed E-state index contributed by atoms with van der Waals surface area (Å²) < 4.78 is 0. The number of nitrogens with two attached hydrogens (primary N) is 2. The largest absolute Gasteiger partial charge is 0.398 e. The van der Waals surface area contributed by atoms with Gasteiger partial charge in [0.05, 0.1) is 79.0 Å². The third-order valence-corrected chi connectivity index (χ3v) is 41.4. The fourth-order valence-corrected chi connectivity index (χ4v) is 36.4. The van der Waals surface area contributed by atoms with Crippen molar-refractivity contribution in [3.8, 4) is 0 Å². The molecular weight excluding hydrogens is 1730 g/mol. The summed E-state index contributed by atoms with van der Waals surface area (Å²) in [6, 6.07) is 35.3. The lowest BCUT2D eigenvalue weighted by Gasteiger charge is -2.63. The minimum absolute atomic E-state index is 0.0281. The molecule has 6 aliphatic heterocycles. The predicted octanol–water partition coefficient (Wildman–Crippen LogP) is 19.3. The van der Waals surface area contributed by atoms with Gasteiger partial charge in [0, 0.05) is 117 Å². The summed E-state index contributed by atoms with van der Waals surface area (Å²) >= 11 is 5.78. The third-order valence-electron chi connectivity index (χ3n) is 40.9. The molecule has 22 aliphatic carbocycles. The zero-order valence-corrected chi connectivity index (χ0v) is 80.6. The molecule has 0 radical (unpaired) electrons. The van der Waals surface area contributed by atoms with Crippen molar-refractivity contribution in [3.63, 3.8) is 0 Å². The van der Waals surface area contributed by atoms with Crippen molar-refractivity contribution >= 4 is 75.2 Å². The van der Waals surface area contributed by atoms with E-state index in [1.54, 1.807) is 36.4 Å². The van der Waals surface area contributed by atoms with Crippen LogP contribution in [0.1, 0.15) is 319 Å². The fourth-order valence-electron chi connectivity index (χ4n) is 36.0. The van der Waals surface area contributed by atoms with Crippen LogP contribution >= 0.6 is 12.2 Å². The molecule has 6 heterocycles. The lowest BCUT2D eigenvalue weighted by molar-refractivity contribution is -0.385. The van der Waals surface area contributed by atoms with Gasteiger partial charge in [-0.1, -0.05) is 108 Å². The summed E-state index contributed by atoms with van der Waals surface area (Å²) in [6.07, 6.45) is 30.6. The highest BCUT2D eigenvalue weighted by Gasteiger charge is 2.67. The first-order valence-electron chi connectivity index (χ1n) is 51.3. The molecule has 34 rings (SSSR count). The standard InChI is InChI=1S/C20H24N2O2S.C18H20N2O4.C18H22N2O3.C18H22N2O2.C18H24N2O.C18H21NO2/c1-12(20-8-13-5-14(9-20)7-15(6-13)10-20)21-11-17-16(19(21)25)3-2-4-18(17)22(23)24;21-16-13-2-1-3-15(20(23)24)14(13)9-19(16)17-5-11-4-12(6-17)8-18(22,7-11)10-17;1-10-14-7-11(18(14,2)3)8-16(10)19-9-13-12(17(19)21)5-4-6-15(13)20(22)23;19-15-3-1-2-13-14(15)9-20(16(13)21)17-5-11-4-12(6-17)8-18(22,7-11)10-17;1-10-14-7-11(18(14,2)3)8-16(10)20-9-13-12(17(20)21)5-4-6-15(13)19;20-16-15-4-2-1-3-14(15)10-19(16)17-6-12-5-13(7-17)9-18(21,8-12)11-17/h2-4,12-15H,5-11H2,1H3;1-3,11-12,22H,4-10H2;4-6,10-11,14,16H,7-9H2,1-3H3;1-3,11-12,22H,4-10,19H2;4-6,10-11,14,16H,7-9,19H2,1-3H3;1-4,12-13,21H,5-11H2/t;;10-,11+,14-,16-;;10-,11+,14-,16-;/m..1.1./s1. The third kappa shape index (κ3) is 14.2. The molecule has 0 spiro atoms. The van der Waals surface area contributed by atoms with E-state index in [1.165, 1.54) is 76.3 Å².